The SMILES string of the molecule is CC1CN(C(=O)c2ccc3c(c2)OCCO3)CC1N. The lowest BCUT2D eigenvalue weighted by atomic mass is 10.1. The van der Waals surface area contributed by atoms with Gasteiger partial charge in [0.05, 0.1) is 0 Å². The Bertz CT molecular complexity index is 493. The van der Waals surface area contributed by atoms with Gasteiger partial charge in [-0.3, -0.25) is 4.79 Å². The average molecular weight is 262 g/mol. The molecule has 102 valence electrons. The Morgan fingerprint density at radius 2 is 2.00 bits per heavy atom. The minimum atomic E-state index is 0.0109. The van der Waals surface area contributed by atoms with Crippen molar-refractivity contribution in [3.8, 4) is 11.5 Å². The summed E-state index contributed by atoms with van der Waals surface area (Å²) in [5, 5.41) is 0. The van der Waals surface area contributed by atoms with E-state index in [2.05, 4.69) is 6.92 Å². The van der Waals surface area contributed by atoms with Gasteiger partial charge < -0.3 is 20.1 Å². The molecule has 2 aliphatic heterocycles. The van der Waals surface area contributed by atoms with Crippen LogP contribution >= 0.6 is 0 Å². The number of rotatable bonds is 1. The first kappa shape index (κ1) is 12.3. The lowest BCUT2D eigenvalue weighted by Gasteiger charge is -2.20. The van der Waals surface area contributed by atoms with Crippen molar-refractivity contribution in [2.75, 3.05) is 26.3 Å². The van der Waals surface area contributed by atoms with Crippen LogP contribution in [0.25, 0.3) is 0 Å². The maximum absolute atomic E-state index is 12.4. The molecule has 0 spiro atoms. The third-order valence-corrected chi connectivity index (χ3v) is 3.75. The van der Waals surface area contributed by atoms with E-state index in [1.807, 2.05) is 0 Å². The molecule has 5 nitrogen and oxygen atoms in total. The molecular weight excluding hydrogens is 244 g/mol. The van der Waals surface area contributed by atoms with Gasteiger partial charge in [-0.1, -0.05) is 6.92 Å². The van der Waals surface area contributed by atoms with E-state index in [0.717, 1.165) is 0 Å². The lowest BCUT2D eigenvalue weighted by Crippen LogP contribution is -2.32. The molecule has 1 saturated heterocycles. The smallest absolute Gasteiger partial charge is 0.254 e. The minimum absolute atomic E-state index is 0.0109. The Morgan fingerprint density at radius 1 is 1.26 bits per heavy atom. The van der Waals surface area contributed by atoms with Gasteiger partial charge in [-0.15, -0.1) is 0 Å². The zero-order valence-electron chi connectivity index (χ0n) is 11.0. The predicted molar refractivity (Wildman–Crippen MR) is 70.5 cm³/mol. The Kier molecular flexibility index (Phi) is 3.06. The molecule has 3 rings (SSSR count). The Hall–Kier alpha value is -1.75. The number of benzene rings is 1. The van der Waals surface area contributed by atoms with Gasteiger partial charge in [0.25, 0.3) is 5.91 Å². The number of hydrogen-bond donors (Lipinski definition) is 1. The fourth-order valence-corrected chi connectivity index (χ4v) is 2.52. The number of carbonyl (C=O) groups excluding carboxylic acids is 1. The first-order valence-electron chi connectivity index (χ1n) is 6.59. The predicted octanol–water partition coefficient (Wildman–Crippen LogP) is 0.877. The summed E-state index contributed by atoms with van der Waals surface area (Å²) in [6.07, 6.45) is 0. The largest absolute Gasteiger partial charge is 0.486 e. The van der Waals surface area contributed by atoms with Crippen LogP contribution in [0.4, 0.5) is 0 Å². The van der Waals surface area contributed by atoms with Crippen LogP contribution in [0.2, 0.25) is 0 Å². The van der Waals surface area contributed by atoms with E-state index < -0.39 is 0 Å². The number of hydrogen-bond acceptors (Lipinski definition) is 4. The van der Waals surface area contributed by atoms with Gasteiger partial charge >= 0.3 is 0 Å². The minimum Gasteiger partial charge on any atom is -0.486 e. The number of ether oxygens (including phenoxy) is 2. The highest BCUT2D eigenvalue weighted by Crippen LogP contribution is 2.31. The maximum atomic E-state index is 12.4. The van der Waals surface area contributed by atoms with Crippen LogP contribution in [-0.4, -0.2) is 43.2 Å². The molecule has 0 saturated carbocycles. The summed E-state index contributed by atoms with van der Waals surface area (Å²) in [5.41, 5.74) is 6.59. The summed E-state index contributed by atoms with van der Waals surface area (Å²) < 4.78 is 10.9. The highest BCUT2D eigenvalue weighted by Gasteiger charge is 2.30. The zero-order chi connectivity index (χ0) is 13.4. The summed E-state index contributed by atoms with van der Waals surface area (Å²) in [6, 6.07) is 5.40. The molecule has 2 N–H and O–H groups in total. The van der Waals surface area contributed by atoms with Crippen molar-refractivity contribution in [2.45, 2.75) is 13.0 Å². The average Bonchev–Trinajstić information content (AvgIpc) is 2.77. The van der Waals surface area contributed by atoms with Crippen molar-refractivity contribution in [1.82, 2.24) is 4.90 Å². The normalized spacial score (nSPS) is 25.5. The van der Waals surface area contributed by atoms with E-state index in [-0.39, 0.29) is 11.9 Å². The number of carbonyl (C=O) groups is 1. The van der Waals surface area contributed by atoms with E-state index in [1.54, 1.807) is 23.1 Å². The number of fused-ring (bicyclic) bond motifs is 1. The van der Waals surface area contributed by atoms with Gasteiger partial charge in [-0.25, -0.2) is 0 Å². The molecule has 1 aromatic rings. The summed E-state index contributed by atoms with van der Waals surface area (Å²) in [5.74, 6) is 1.71. The zero-order valence-corrected chi connectivity index (χ0v) is 11.0. The van der Waals surface area contributed by atoms with Crippen LogP contribution < -0.4 is 15.2 Å². The highest BCUT2D eigenvalue weighted by atomic mass is 16.6. The summed E-state index contributed by atoms with van der Waals surface area (Å²) in [7, 11) is 0. The van der Waals surface area contributed by atoms with Gasteiger partial charge in [0.2, 0.25) is 0 Å². The molecule has 0 aliphatic carbocycles. The van der Waals surface area contributed by atoms with Crippen LogP contribution in [0.5, 0.6) is 11.5 Å². The van der Waals surface area contributed by atoms with Gasteiger partial charge in [0, 0.05) is 24.7 Å². The number of amides is 1. The van der Waals surface area contributed by atoms with Crippen LogP contribution in [0.15, 0.2) is 18.2 Å². The molecule has 5 heteroatoms. The Labute approximate surface area is 112 Å². The molecule has 1 aromatic carbocycles. The van der Waals surface area contributed by atoms with Crippen molar-refractivity contribution in [3.63, 3.8) is 0 Å². The molecule has 2 heterocycles. The van der Waals surface area contributed by atoms with Crippen molar-refractivity contribution in [3.05, 3.63) is 23.8 Å². The van der Waals surface area contributed by atoms with Crippen LogP contribution in [0, 0.1) is 5.92 Å². The van der Waals surface area contributed by atoms with Gasteiger partial charge in [0.15, 0.2) is 11.5 Å². The fraction of sp³-hybridized carbons (Fsp3) is 0.500. The van der Waals surface area contributed by atoms with Gasteiger partial charge in [-0.2, -0.15) is 0 Å². The molecule has 1 amide bonds. The molecule has 0 bridgehead atoms. The molecule has 0 radical (unpaired) electrons. The van der Waals surface area contributed by atoms with Crippen LogP contribution in [0.3, 0.4) is 0 Å². The van der Waals surface area contributed by atoms with Crippen LogP contribution in [0.1, 0.15) is 17.3 Å². The maximum Gasteiger partial charge on any atom is 0.254 e. The Morgan fingerprint density at radius 3 is 2.68 bits per heavy atom. The molecule has 0 aromatic heterocycles. The van der Waals surface area contributed by atoms with E-state index in [9.17, 15) is 4.79 Å². The third kappa shape index (κ3) is 2.26. The Balaban J connectivity index is 1.80. The number of nitrogens with two attached hydrogens (primary N) is 1. The topological polar surface area (TPSA) is 64.8 Å². The summed E-state index contributed by atoms with van der Waals surface area (Å²) in [4.78, 5) is 14.2. The third-order valence-electron chi connectivity index (χ3n) is 3.75. The first-order chi connectivity index (χ1) is 9.15. The van der Waals surface area contributed by atoms with E-state index in [0.29, 0.717) is 49.3 Å². The highest BCUT2D eigenvalue weighted by molar-refractivity contribution is 5.95. The molecule has 2 aliphatic rings. The number of likely N-dealkylation sites (tertiary alicyclic amines) is 1. The second-order valence-corrected chi connectivity index (χ2v) is 5.21. The first-order valence-corrected chi connectivity index (χ1v) is 6.59. The second kappa shape index (κ2) is 4.74. The van der Waals surface area contributed by atoms with Crippen molar-refractivity contribution in [1.29, 1.82) is 0 Å². The molecule has 2 atom stereocenters. The quantitative estimate of drug-likeness (QED) is 0.816. The lowest BCUT2D eigenvalue weighted by molar-refractivity contribution is 0.0785. The standard InChI is InChI=1S/C14H18N2O3/c1-9-7-16(8-11(9)15)14(17)10-2-3-12-13(6-10)19-5-4-18-12/h2-3,6,9,11H,4-5,7-8,15H2,1H3. The van der Waals surface area contributed by atoms with E-state index >= 15 is 0 Å². The van der Waals surface area contributed by atoms with Gasteiger partial charge in [0.1, 0.15) is 13.2 Å². The van der Waals surface area contributed by atoms with E-state index in [4.69, 9.17) is 15.2 Å². The van der Waals surface area contributed by atoms with Crippen LogP contribution in [-0.2, 0) is 0 Å². The molecule has 19 heavy (non-hydrogen) atoms. The monoisotopic (exact) mass is 262 g/mol. The van der Waals surface area contributed by atoms with E-state index in [1.165, 1.54) is 0 Å². The fourth-order valence-electron chi connectivity index (χ4n) is 2.52. The number of nitrogens with zero attached hydrogens (tertiary/aromatic N) is 1. The summed E-state index contributed by atoms with van der Waals surface area (Å²) in [6.45, 7) is 4.49. The van der Waals surface area contributed by atoms with Crippen molar-refractivity contribution < 1.29 is 14.3 Å². The van der Waals surface area contributed by atoms with Crippen molar-refractivity contribution >= 4 is 5.91 Å². The second-order valence-electron chi connectivity index (χ2n) is 5.21. The molecular formula is C14H18N2O3. The van der Waals surface area contributed by atoms with Gasteiger partial charge in [-0.05, 0) is 24.1 Å². The summed E-state index contributed by atoms with van der Waals surface area (Å²) >= 11 is 0. The molecule has 1 fully saturated rings. The molecule has 2 unspecified atom stereocenters. The van der Waals surface area contributed by atoms with Crippen molar-refractivity contribution in [2.24, 2.45) is 11.7 Å².